The van der Waals surface area contributed by atoms with Crippen molar-refractivity contribution in [3.8, 4) is 11.1 Å². The molecule has 1 aromatic heterocycles. The summed E-state index contributed by atoms with van der Waals surface area (Å²) in [5.74, 6) is -0.508. The highest BCUT2D eigenvalue weighted by Crippen LogP contribution is 2.20. The third kappa shape index (κ3) is 1.91. The molecule has 74 valence electrons. The number of halogens is 1. The van der Waals surface area contributed by atoms with Gasteiger partial charge in [-0.2, -0.15) is 0 Å². The maximum absolute atomic E-state index is 13.3. The summed E-state index contributed by atoms with van der Waals surface area (Å²) in [5, 5.41) is 0. The average molecular weight is 201 g/mol. The van der Waals surface area contributed by atoms with Crippen LogP contribution in [0.3, 0.4) is 0 Å². The summed E-state index contributed by atoms with van der Waals surface area (Å²) in [7, 11) is 0. The van der Waals surface area contributed by atoms with E-state index in [1.54, 1.807) is 24.5 Å². The summed E-state index contributed by atoms with van der Waals surface area (Å²) in [6, 6.07) is 8.11. The van der Waals surface area contributed by atoms with Crippen LogP contribution < -0.4 is 0 Å². The average Bonchev–Trinajstić information content (AvgIpc) is 2.30. The van der Waals surface area contributed by atoms with Gasteiger partial charge in [-0.3, -0.25) is 9.78 Å². The van der Waals surface area contributed by atoms with E-state index < -0.39 is 5.82 Å². The van der Waals surface area contributed by atoms with Gasteiger partial charge < -0.3 is 0 Å². The summed E-state index contributed by atoms with van der Waals surface area (Å²) >= 11 is 0. The maximum Gasteiger partial charge on any atom is 0.152 e. The molecule has 0 amide bonds. The minimum atomic E-state index is -0.508. The van der Waals surface area contributed by atoms with Crippen LogP contribution in [0.4, 0.5) is 4.39 Å². The monoisotopic (exact) mass is 201 g/mol. The topological polar surface area (TPSA) is 30.0 Å². The van der Waals surface area contributed by atoms with Gasteiger partial charge in [-0.25, -0.2) is 4.39 Å². The fraction of sp³-hybridized carbons (Fsp3) is 0. The second kappa shape index (κ2) is 4.00. The van der Waals surface area contributed by atoms with Gasteiger partial charge in [0, 0.05) is 18.0 Å². The molecule has 15 heavy (non-hydrogen) atoms. The Kier molecular flexibility index (Phi) is 2.54. The van der Waals surface area contributed by atoms with E-state index in [2.05, 4.69) is 4.98 Å². The molecule has 0 saturated heterocycles. The number of aldehydes is 1. The van der Waals surface area contributed by atoms with Crippen molar-refractivity contribution < 1.29 is 9.18 Å². The van der Waals surface area contributed by atoms with E-state index in [0.717, 1.165) is 5.56 Å². The van der Waals surface area contributed by atoms with E-state index in [4.69, 9.17) is 0 Å². The highest BCUT2D eigenvalue weighted by Gasteiger charge is 2.03. The maximum atomic E-state index is 13.3. The van der Waals surface area contributed by atoms with Crippen molar-refractivity contribution in [3.63, 3.8) is 0 Å². The predicted molar refractivity (Wildman–Crippen MR) is 55.0 cm³/mol. The number of rotatable bonds is 2. The van der Waals surface area contributed by atoms with Crippen molar-refractivity contribution in [1.82, 2.24) is 4.98 Å². The lowest BCUT2D eigenvalue weighted by molar-refractivity contribution is 0.112. The highest BCUT2D eigenvalue weighted by molar-refractivity contribution is 5.77. The molecular weight excluding hydrogens is 193 g/mol. The number of hydrogen-bond donors (Lipinski definition) is 0. The molecule has 2 nitrogen and oxygen atoms in total. The SMILES string of the molecule is O=Cc1ccc(-c2cccnc2)cc1F. The minimum Gasteiger partial charge on any atom is -0.298 e. The van der Waals surface area contributed by atoms with Gasteiger partial charge in [0.2, 0.25) is 0 Å². The Balaban J connectivity index is 2.47. The van der Waals surface area contributed by atoms with E-state index in [1.165, 1.54) is 12.1 Å². The fourth-order valence-electron chi connectivity index (χ4n) is 1.34. The Morgan fingerprint density at radius 3 is 2.67 bits per heavy atom. The summed E-state index contributed by atoms with van der Waals surface area (Å²) in [4.78, 5) is 14.4. The number of benzene rings is 1. The van der Waals surface area contributed by atoms with Gasteiger partial charge in [-0.05, 0) is 23.8 Å². The molecule has 1 aromatic carbocycles. The minimum absolute atomic E-state index is 0.0719. The summed E-state index contributed by atoms with van der Waals surface area (Å²) in [5.41, 5.74) is 1.61. The van der Waals surface area contributed by atoms with E-state index in [1.807, 2.05) is 6.07 Å². The lowest BCUT2D eigenvalue weighted by atomic mass is 10.1. The normalized spacial score (nSPS) is 9.93. The Hall–Kier alpha value is -2.03. The standard InChI is InChI=1S/C12H8FNO/c13-12-6-9(3-4-11(12)8-15)10-2-1-5-14-7-10/h1-8H. The molecule has 0 bridgehead atoms. The third-order valence-corrected chi connectivity index (χ3v) is 2.12. The van der Waals surface area contributed by atoms with Gasteiger partial charge in [-0.1, -0.05) is 12.1 Å². The van der Waals surface area contributed by atoms with E-state index in [0.29, 0.717) is 11.8 Å². The van der Waals surface area contributed by atoms with Gasteiger partial charge in [0.25, 0.3) is 0 Å². The van der Waals surface area contributed by atoms with Crippen LogP contribution in [0, 0.1) is 5.82 Å². The smallest absolute Gasteiger partial charge is 0.152 e. The van der Waals surface area contributed by atoms with Gasteiger partial charge in [0.1, 0.15) is 5.82 Å². The predicted octanol–water partition coefficient (Wildman–Crippen LogP) is 2.70. The zero-order valence-electron chi connectivity index (χ0n) is 7.85. The Morgan fingerprint density at radius 1 is 1.20 bits per heavy atom. The molecule has 0 spiro atoms. The summed E-state index contributed by atoms with van der Waals surface area (Å²) in [6.07, 6.45) is 3.80. The van der Waals surface area contributed by atoms with Crippen LogP contribution in [0.5, 0.6) is 0 Å². The van der Waals surface area contributed by atoms with Crippen molar-refractivity contribution in [2.75, 3.05) is 0 Å². The number of carbonyl (C=O) groups excluding carboxylic acids is 1. The number of pyridine rings is 1. The molecule has 0 saturated carbocycles. The molecule has 2 rings (SSSR count). The number of aromatic nitrogens is 1. The summed E-state index contributed by atoms with van der Waals surface area (Å²) < 4.78 is 13.3. The van der Waals surface area contributed by atoms with Crippen molar-refractivity contribution >= 4 is 6.29 Å². The molecule has 1 heterocycles. The largest absolute Gasteiger partial charge is 0.298 e. The molecular formula is C12H8FNO. The number of nitrogens with zero attached hydrogens (tertiary/aromatic N) is 1. The van der Waals surface area contributed by atoms with Crippen molar-refractivity contribution in [2.45, 2.75) is 0 Å². The first-order chi connectivity index (χ1) is 7.31. The Morgan fingerprint density at radius 2 is 2.07 bits per heavy atom. The van der Waals surface area contributed by atoms with E-state index in [9.17, 15) is 9.18 Å². The lowest BCUT2D eigenvalue weighted by Crippen LogP contribution is -1.88. The first-order valence-corrected chi connectivity index (χ1v) is 4.46. The highest BCUT2D eigenvalue weighted by atomic mass is 19.1. The van der Waals surface area contributed by atoms with Crippen LogP contribution in [0.25, 0.3) is 11.1 Å². The first-order valence-electron chi connectivity index (χ1n) is 4.46. The molecule has 2 aromatic rings. The van der Waals surface area contributed by atoms with Crippen LogP contribution in [0.2, 0.25) is 0 Å². The molecule has 0 fully saturated rings. The van der Waals surface area contributed by atoms with E-state index >= 15 is 0 Å². The fourth-order valence-corrected chi connectivity index (χ4v) is 1.34. The molecule has 0 aliphatic rings. The van der Waals surface area contributed by atoms with Crippen LogP contribution in [0.1, 0.15) is 10.4 Å². The van der Waals surface area contributed by atoms with Gasteiger partial charge in [0.15, 0.2) is 6.29 Å². The lowest BCUT2D eigenvalue weighted by Gasteiger charge is -2.01. The number of carbonyl (C=O) groups is 1. The van der Waals surface area contributed by atoms with Crippen LogP contribution in [-0.2, 0) is 0 Å². The van der Waals surface area contributed by atoms with E-state index in [-0.39, 0.29) is 5.56 Å². The quantitative estimate of drug-likeness (QED) is 0.699. The zero-order chi connectivity index (χ0) is 10.7. The van der Waals surface area contributed by atoms with Crippen molar-refractivity contribution in [2.24, 2.45) is 0 Å². The Labute approximate surface area is 86.4 Å². The first kappa shape index (κ1) is 9.52. The van der Waals surface area contributed by atoms with Gasteiger partial charge in [0.05, 0.1) is 5.56 Å². The Bertz CT molecular complexity index is 482. The molecule has 0 atom stereocenters. The molecule has 0 aliphatic carbocycles. The van der Waals surface area contributed by atoms with Crippen molar-refractivity contribution in [3.05, 3.63) is 54.1 Å². The molecule has 3 heteroatoms. The van der Waals surface area contributed by atoms with Crippen LogP contribution in [0.15, 0.2) is 42.7 Å². The molecule has 0 radical (unpaired) electrons. The van der Waals surface area contributed by atoms with Crippen LogP contribution >= 0.6 is 0 Å². The van der Waals surface area contributed by atoms with Gasteiger partial charge in [-0.15, -0.1) is 0 Å². The van der Waals surface area contributed by atoms with Crippen LogP contribution in [-0.4, -0.2) is 11.3 Å². The summed E-state index contributed by atoms with van der Waals surface area (Å²) in [6.45, 7) is 0. The van der Waals surface area contributed by atoms with Gasteiger partial charge >= 0.3 is 0 Å². The third-order valence-electron chi connectivity index (χ3n) is 2.12. The zero-order valence-corrected chi connectivity index (χ0v) is 7.85. The second-order valence-corrected chi connectivity index (χ2v) is 3.10. The molecule has 0 aliphatic heterocycles. The molecule has 0 N–H and O–H groups in total. The number of hydrogen-bond acceptors (Lipinski definition) is 2. The van der Waals surface area contributed by atoms with Crippen molar-refractivity contribution in [1.29, 1.82) is 0 Å². The second-order valence-electron chi connectivity index (χ2n) is 3.10. The molecule has 0 unspecified atom stereocenters.